The summed E-state index contributed by atoms with van der Waals surface area (Å²) in [6.45, 7) is 6.79. The van der Waals surface area contributed by atoms with Crippen LogP contribution in [0.3, 0.4) is 0 Å². The van der Waals surface area contributed by atoms with Crippen LogP contribution in [0.5, 0.6) is 5.75 Å². The van der Waals surface area contributed by atoms with Crippen LogP contribution in [0.2, 0.25) is 5.02 Å². The second-order valence-electron chi connectivity index (χ2n) is 9.90. The average Bonchev–Trinajstić information content (AvgIpc) is 3.26. The SMILES string of the molecule is CCOC(=O)C1=C(C)N=c2s/c(=C\c3ccc(OCC(=O)N4CCN(C)CC4)cc3)c(=O)n2C1c1ccc(Cl)cc1. The molecule has 0 radical (unpaired) electrons. The van der Waals surface area contributed by atoms with Crippen LogP contribution in [0, 0.1) is 0 Å². The van der Waals surface area contributed by atoms with E-state index in [1.807, 2.05) is 24.1 Å². The van der Waals surface area contributed by atoms with Gasteiger partial charge in [-0.05, 0) is 62.4 Å². The molecule has 11 heteroatoms. The number of carbonyl (C=O) groups excluding carboxylic acids is 2. The number of ether oxygens (including phenoxy) is 2. The number of hydrogen-bond donors (Lipinski definition) is 0. The van der Waals surface area contributed by atoms with E-state index in [2.05, 4.69) is 9.89 Å². The van der Waals surface area contributed by atoms with Crippen molar-refractivity contribution in [1.82, 2.24) is 14.4 Å². The molecule has 1 saturated heterocycles. The third kappa shape index (κ3) is 6.29. The Morgan fingerprint density at radius 3 is 2.41 bits per heavy atom. The number of aromatic nitrogens is 1. The van der Waals surface area contributed by atoms with Crippen LogP contribution in [-0.4, -0.2) is 72.7 Å². The lowest BCUT2D eigenvalue weighted by Crippen LogP contribution is -2.48. The number of benzene rings is 2. The zero-order valence-electron chi connectivity index (χ0n) is 23.1. The normalized spacial score (nSPS) is 17.7. The second kappa shape index (κ2) is 12.4. The van der Waals surface area contributed by atoms with Gasteiger partial charge in [0.1, 0.15) is 5.75 Å². The van der Waals surface area contributed by atoms with Crippen molar-refractivity contribution in [3.05, 3.63) is 95.6 Å². The predicted molar refractivity (Wildman–Crippen MR) is 158 cm³/mol. The van der Waals surface area contributed by atoms with E-state index in [4.69, 9.17) is 21.1 Å². The van der Waals surface area contributed by atoms with Crippen molar-refractivity contribution < 1.29 is 19.1 Å². The van der Waals surface area contributed by atoms with E-state index in [1.54, 1.807) is 60.9 Å². The fourth-order valence-electron chi connectivity index (χ4n) is 4.86. The number of nitrogens with zero attached hydrogens (tertiary/aromatic N) is 4. The molecule has 2 aliphatic heterocycles. The van der Waals surface area contributed by atoms with Crippen LogP contribution in [0.1, 0.15) is 31.0 Å². The van der Waals surface area contributed by atoms with E-state index in [0.717, 1.165) is 24.2 Å². The Labute approximate surface area is 246 Å². The van der Waals surface area contributed by atoms with E-state index >= 15 is 0 Å². The highest BCUT2D eigenvalue weighted by molar-refractivity contribution is 7.07. The van der Waals surface area contributed by atoms with Gasteiger partial charge in [0.2, 0.25) is 0 Å². The molecule has 1 atom stereocenters. The zero-order chi connectivity index (χ0) is 29.1. The summed E-state index contributed by atoms with van der Waals surface area (Å²) in [7, 11) is 2.04. The van der Waals surface area contributed by atoms with E-state index < -0.39 is 12.0 Å². The van der Waals surface area contributed by atoms with Gasteiger partial charge in [-0.2, -0.15) is 0 Å². The number of fused-ring (bicyclic) bond motifs is 1. The van der Waals surface area contributed by atoms with Gasteiger partial charge in [-0.1, -0.05) is 47.2 Å². The lowest BCUT2D eigenvalue weighted by Gasteiger charge is -2.32. The van der Waals surface area contributed by atoms with E-state index in [-0.39, 0.29) is 24.7 Å². The Hall–Kier alpha value is -3.73. The summed E-state index contributed by atoms with van der Waals surface area (Å²) in [5.74, 6) is 0.0317. The number of hydrogen-bond acceptors (Lipinski definition) is 8. The second-order valence-corrected chi connectivity index (χ2v) is 11.3. The Bertz CT molecular complexity index is 1650. The van der Waals surface area contributed by atoms with Gasteiger partial charge in [-0.3, -0.25) is 14.2 Å². The molecule has 1 amide bonds. The largest absolute Gasteiger partial charge is 0.484 e. The monoisotopic (exact) mass is 594 g/mol. The Morgan fingerprint density at radius 1 is 1.07 bits per heavy atom. The van der Waals surface area contributed by atoms with Crippen molar-refractivity contribution in [1.29, 1.82) is 0 Å². The third-order valence-corrected chi connectivity index (χ3v) is 8.33. The number of likely N-dealkylation sites (N-methyl/N-ethyl adjacent to an activating group) is 1. The molecule has 2 aliphatic rings. The number of halogens is 1. The minimum atomic E-state index is -0.696. The quantitative estimate of drug-likeness (QED) is 0.391. The number of rotatable bonds is 7. The number of thiazole rings is 1. The first kappa shape index (κ1) is 28.8. The molecule has 1 aromatic heterocycles. The minimum Gasteiger partial charge on any atom is -0.484 e. The summed E-state index contributed by atoms with van der Waals surface area (Å²) in [5.41, 5.74) is 2.08. The van der Waals surface area contributed by atoms with Gasteiger partial charge in [-0.25, -0.2) is 9.79 Å². The molecule has 214 valence electrons. The molecule has 3 heterocycles. The standard InChI is InChI=1S/C30H31ClN4O5S/c1-4-39-29(38)26-19(2)32-30-35(27(26)21-7-9-22(31)10-8-21)28(37)24(41-30)17-20-5-11-23(12-6-20)40-18-25(36)34-15-13-33(3)14-16-34/h5-12,17,27H,4,13-16,18H2,1-3H3/b24-17-. The van der Waals surface area contributed by atoms with Gasteiger partial charge in [0.05, 0.1) is 28.5 Å². The lowest BCUT2D eigenvalue weighted by atomic mass is 9.96. The van der Waals surface area contributed by atoms with E-state index in [9.17, 15) is 14.4 Å². The molecular formula is C30H31ClN4O5S. The fraction of sp³-hybridized carbons (Fsp3) is 0.333. The van der Waals surface area contributed by atoms with Crippen molar-refractivity contribution in [2.75, 3.05) is 46.4 Å². The van der Waals surface area contributed by atoms with Crippen molar-refractivity contribution in [3.63, 3.8) is 0 Å². The average molecular weight is 595 g/mol. The summed E-state index contributed by atoms with van der Waals surface area (Å²) in [6.07, 6.45) is 1.78. The molecule has 0 bridgehead atoms. The molecule has 9 nitrogen and oxygen atoms in total. The Kier molecular flexibility index (Phi) is 8.72. The smallest absolute Gasteiger partial charge is 0.338 e. The first-order chi connectivity index (χ1) is 19.7. The van der Waals surface area contributed by atoms with Gasteiger partial charge in [-0.15, -0.1) is 0 Å². The van der Waals surface area contributed by atoms with Crippen LogP contribution in [0.4, 0.5) is 0 Å². The molecule has 41 heavy (non-hydrogen) atoms. The van der Waals surface area contributed by atoms with Crippen molar-refractivity contribution in [2.45, 2.75) is 19.9 Å². The number of amides is 1. The highest BCUT2D eigenvalue weighted by Gasteiger charge is 2.33. The maximum absolute atomic E-state index is 13.7. The van der Waals surface area contributed by atoms with Crippen LogP contribution in [-0.2, 0) is 14.3 Å². The molecule has 3 aromatic rings. The maximum atomic E-state index is 13.7. The van der Waals surface area contributed by atoms with Gasteiger partial charge in [0.15, 0.2) is 11.4 Å². The van der Waals surface area contributed by atoms with E-state index in [0.29, 0.717) is 44.5 Å². The predicted octanol–water partition coefficient (Wildman–Crippen LogP) is 2.60. The minimum absolute atomic E-state index is 0.0193. The molecule has 0 spiro atoms. The summed E-state index contributed by atoms with van der Waals surface area (Å²) in [4.78, 5) is 48.3. The number of carbonyl (C=O) groups is 2. The van der Waals surface area contributed by atoms with Crippen molar-refractivity contribution in [2.24, 2.45) is 4.99 Å². The van der Waals surface area contributed by atoms with Crippen molar-refractivity contribution >= 4 is 40.9 Å². The molecule has 0 saturated carbocycles. The molecule has 2 aromatic carbocycles. The van der Waals surface area contributed by atoms with Crippen LogP contribution >= 0.6 is 22.9 Å². The highest BCUT2D eigenvalue weighted by atomic mass is 35.5. The summed E-state index contributed by atoms with van der Waals surface area (Å²) in [5, 5.41) is 0.552. The van der Waals surface area contributed by atoms with Crippen LogP contribution in [0.15, 0.2) is 69.6 Å². The molecule has 0 aliphatic carbocycles. The summed E-state index contributed by atoms with van der Waals surface area (Å²) < 4.78 is 13.1. The Morgan fingerprint density at radius 2 is 1.76 bits per heavy atom. The van der Waals surface area contributed by atoms with Gasteiger partial charge < -0.3 is 19.3 Å². The third-order valence-electron chi connectivity index (χ3n) is 7.10. The molecular weight excluding hydrogens is 564 g/mol. The first-order valence-corrected chi connectivity index (χ1v) is 14.6. The maximum Gasteiger partial charge on any atom is 0.338 e. The van der Waals surface area contributed by atoms with Gasteiger partial charge >= 0.3 is 5.97 Å². The highest BCUT2D eigenvalue weighted by Crippen LogP contribution is 2.31. The van der Waals surface area contributed by atoms with E-state index in [1.165, 1.54) is 11.3 Å². The number of allylic oxidation sites excluding steroid dienone is 1. The van der Waals surface area contributed by atoms with Crippen molar-refractivity contribution in [3.8, 4) is 5.75 Å². The van der Waals surface area contributed by atoms with Gasteiger partial charge in [0, 0.05) is 31.2 Å². The number of esters is 1. The molecule has 1 unspecified atom stereocenters. The van der Waals surface area contributed by atoms with Crippen LogP contribution < -0.4 is 19.6 Å². The van der Waals surface area contributed by atoms with Gasteiger partial charge in [0.25, 0.3) is 11.5 Å². The molecule has 5 rings (SSSR count). The Balaban J connectivity index is 1.41. The van der Waals surface area contributed by atoms with Crippen LogP contribution in [0.25, 0.3) is 6.08 Å². The fourth-order valence-corrected chi connectivity index (χ4v) is 6.03. The molecule has 0 N–H and O–H groups in total. The lowest BCUT2D eigenvalue weighted by molar-refractivity contribution is -0.139. The topological polar surface area (TPSA) is 93.4 Å². The zero-order valence-corrected chi connectivity index (χ0v) is 24.7. The first-order valence-electron chi connectivity index (χ1n) is 13.4. The summed E-state index contributed by atoms with van der Waals surface area (Å²) in [6, 6.07) is 13.6. The number of piperazine rings is 1. The molecule has 1 fully saturated rings. The summed E-state index contributed by atoms with van der Waals surface area (Å²) >= 11 is 7.37.